The van der Waals surface area contributed by atoms with Crippen LogP contribution in [0.25, 0.3) is 33.0 Å². The molecule has 3 aliphatic heterocycles. The first kappa shape index (κ1) is 28.8. The van der Waals surface area contributed by atoms with Crippen LogP contribution >= 0.6 is 0 Å². The first-order valence-corrected chi connectivity index (χ1v) is 15.0. The molecule has 5 heterocycles. The van der Waals surface area contributed by atoms with Crippen molar-refractivity contribution < 1.29 is 31.8 Å². The van der Waals surface area contributed by atoms with Crippen LogP contribution in [-0.4, -0.2) is 70.9 Å². The van der Waals surface area contributed by atoms with Crippen molar-refractivity contribution in [3.8, 4) is 23.1 Å². The average Bonchev–Trinajstić information content (AvgIpc) is 3.52. The fourth-order valence-corrected chi connectivity index (χ4v) is 7.32. The Labute approximate surface area is 250 Å². The van der Waals surface area contributed by atoms with E-state index in [1.807, 2.05) is 0 Å². The molecule has 0 unspecified atom stereocenters. The zero-order chi connectivity index (χ0) is 30.7. The number of aromatic nitrogens is 2. The van der Waals surface area contributed by atoms with Gasteiger partial charge in [0, 0.05) is 48.5 Å². The number of piperidine rings is 1. The van der Waals surface area contributed by atoms with Gasteiger partial charge in [-0.3, -0.25) is 4.90 Å². The summed E-state index contributed by atoms with van der Waals surface area (Å²) in [5.41, 5.74) is -0.494. The van der Waals surface area contributed by atoms with Crippen LogP contribution in [0.1, 0.15) is 37.7 Å². The summed E-state index contributed by atoms with van der Waals surface area (Å²) in [6, 6.07) is 7.16. The lowest BCUT2D eigenvalue weighted by Gasteiger charge is -2.33. The summed E-state index contributed by atoms with van der Waals surface area (Å²) in [5, 5.41) is 11.1. The van der Waals surface area contributed by atoms with Gasteiger partial charge >= 0.3 is 11.6 Å². The zero-order valence-electron chi connectivity index (χ0n) is 24.2. The van der Waals surface area contributed by atoms with Crippen LogP contribution in [-0.2, 0) is 0 Å². The maximum Gasteiger partial charge on any atom is 0.349 e. The van der Waals surface area contributed by atoms with E-state index in [1.165, 1.54) is 24.3 Å². The minimum absolute atomic E-state index is 0.0251. The van der Waals surface area contributed by atoms with E-state index in [0.717, 1.165) is 19.4 Å². The second-order valence-corrected chi connectivity index (χ2v) is 12.3. The van der Waals surface area contributed by atoms with Crippen LogP contribution in [0.4, 0.5) is 23.4 Å². The van der Waals surface area contributed by atoms with Crippen LogP contribution in [0.15, 0.2) is 39.5 Å². The maximum atomic E-state index is 15.1. The van der Waals surface area contributed by atoms with Crippen LogP contribution in [0, 0.1) is 18.7 Å². The van der Waals surface area contributed by atoms with Gasteiger partial charge in [0.2, 0.25) is 6.43 Å². The largest absolute Gasteiger partial charge is 0.508 e. The number of alkyl halides is 3. The minimum Gasteiger partial charge on any atom is -0.508 e. The lowest BCUT2D eigenvalue weighted by Crippen LogP contribution is -2.43. The smallest absolute Gasteiger partial charge is 0.349 e. The van der Waals surface area contributed by atoms with Crippen molar-refractivity contribution in [2.45, 2.75) is 57.2 Å². The quantitative estimate of drug-likeness (QED) is 0.266. The van der Waals surface area contributed by atoms with Crippen LogP contribution in [0.3, 0.4) is 0 Å². The van der Waals surface area contributed by atoms with Gasteiger partial charge in [-0.05, 0) is 62.7 Å². The number of hydrogen-bond acceptors (Lipinski definition) is 8. The van der Waals surface area contributed by atoms with Crippen molar-refractivity contribution in [1.82, 2.24) is 14.9 Å². The number of phenolic OH excluding ortho intramolecular Hbond substituents is 1. The summed E-state index contributed by atoms with van der Waals surface area (Å²) >= 11 is 0. The molecule has 0 radical (unpaired) electrons. The van der Waals surface area contributed by atoms with E-state index in [-0.39, 0.29) is 77.7 Å². The second-order valence-electron chi connectivity index (χ2n) is 12.3. The molecule has 232 valence electrons. The number of rotatable bonds is 6. The monoisotopic (exact) mass is 612 g/mol. The Hall–Kier alpha value is -3.93. The lowest BCUT2D eigenvalue weighted by atomic mass is 9.95. The van der Waals surface area contributed by atoms with Crippen LogP contribution in [0.2, 0.25) is 0 Å². The zero-order valence-corrected chi connectivity index (χ0v) is 24.2. The highest BCUT2D eigenvalue weighted by Gasteiger charge is 2.49. The molecule has 0 bridgehead atoms. The van der Waals surface area contributed by atoms with Gasteiger partial charge in [-0.15, -0.1) is 0 Å². The fourth-order valence-electron chi connectivity index (χ4n) is 7.32. The number of anilines is 1. The Bertz CT molecular complexity index is 1810. The second kappa shape index (κ2) is 10.9. The summed E-state index contributed by atoms with van der Waals surface area (Å²) in [6.07, 6.45) is -0.912. The number of ether oxygens (including phenoxy) is 1. The number of benzene rings is 2. The fraction of sp³-hybridized carbons (Fsp3) is 0.469. The molecule has 1 N–H and O–H groups in total. The SMILES string of the molecule is Cc1c(-c2cc(O)cc3cccc(F)c23)oc(=O)c2c(N3CCC(C(F)F)CC3)nc(OC[C@@]34CCCN3C[C@H](F)C4)nc12. The maximum absolute atomic E-state index is 15.1. The number of nitrogens with zero attached hydrogens (tertiary/aromatic N) is 4. The molecule has 44 heavy (non-hydrogen) atoms. The molecule has 4 aromatic rings. The van der Waals surface area contributed by atoms with E-state index < -0.39 is 35.5 Å². The molecule has 3 saturated heterocycles. The highest BCUT2D eigenvalue weighted by atomic mass is 19.3. The van der Waals surface area contributed by atoms with E-state index in [9.17, 15) is 23.1 Å². The van der Waals surface area contributed by atoms with Gasteiger partial charge in [-0.1, -0.05) is 12.1 Å². The molecule has 0 aliphatic carbocycles. The summed E-state index contributed by atoms with van der Waals surface area (Å²) in [4.78, 5) is 26.8. The molecule has 8 nitrogen and oxygen atoms in total. The molecule has 0 amide bonds. The predicted octanol–water partition coefficient (Wildman–Crippen LogP) is 5.99. The van der Waals surface area contributed by atoms with E-state index in [2.05, 4.69) is 14.9 Å². The molecule has 2 aromatic heterocycles. The third kappa shape index (κ3) is 4.83. The van der Waals surface area contributed by atoms with Crippen LogP contribution < -0.4 is 15.3 Å². The molecular formula is C32H32F4N4O4. The first-order chi connectivity index (χ1) is 21.1. The van der Waals surface area contributed by atoms with Gasteiger partial charge in [0.15, 0.2) is 5.82 Å². The molecule has 12 heteroatoms. The van der Waals surface area contributed by atoms with E-state index >= 15 is 4.39 Å². The van der Waals surface area contributed by atoms with Gasteiger partial charge in [0.1, 0.15) is 35.5 Å². The first-order valence-electron chi connectivity index (χ1n) is 15.0. The number of aryl methyl sites for hydroxylation is 1. The summed E-state index contributed by atoms with van der Waals surface area (Å²) in [5.74, 6) is -1.22. The third-order valence-corrected chi connectivity index (χ3v) is 9.55. The summed E-state index contributed by atoms with van der Waals surface area (Å²) in [7, 11) is 0. The van der Waals surface area contributed by atoms with E-state index in [1.54, 1.807) is 17.9 Å². The number of phenols is 1. The highest BCUT2D eigenvalue weighted by Crippen LogP contribution is 2.42. The number of aromatic hydroxyl groups is 1. The topological polar surface area (TPSA) is 91.9 Å². The normalized spacial score (nSPS) is 22.9. The van der Waals surface area contributed by atoms with Gasteiger partial charge in [0.25, 0.3) is 0 Å². The van der Waals surface area contributed by atoms with Gasteiger partial charge in [-0.2, -0.15) is 9.97 Å². The molecule has 3 fully saturated rings. The number of halogens is 4. The Morgan fingerprint density at radius 3 is 2.73 bits per heavy atom. The Balaban J connectivity index is 1.37. The van der Waals surface area contributed by atoms with E-state index in [0.29, 0.717) is 23.9 Å². The minimum atomic E-state index is -2.44. The molecule has 0 spiro atoms. The molecule has 2 aromatic carbocycles. The average molecular weight is 613 g/mol. The molecule has 2 atom stereocenters. The Morgan fingerprint density at radius 2 is 1.95 bits per heavy atom. The number of hydrogen-bond donors (Lipinski definition) is 1. The van der Waals surface area contributed by atoms with Crippen molar-refractivity contribution >= 4 is 27.5 Å². The molecule has 3 aliphatic rings. The van der Waals surface area contributed by atoms with Crippen molar-refractivity contribution in [3.05, 3.63) is 52.1 Å². The predicted molar refractivity (Wildman–Crippen MR) is 157 cm³/mol. The molecule has 0 saturated carbocycles. The van der Waals surface area contributed by atoms with Gasteiger partial charge in [-0.25, -0.2) is 22.4 Å². The summed E-state index contributed by atoms with van der Waals surface area (Å²) < 4.78 is 68.4. The van der Waals surface area contributed by atoms with Crippen molar-refractivity contribution in [3.63, 3.8) is 0 Å². The standard InChI is InChI=1S/C32H32F4N4O4/c1-17-26-25(30(42)44-27(17)22-13-21(41)12-19-4-2-5-23(34)24(19)22)29(39-10-6-18(7-11-39)28(35)36)38-31(37-26)43-16-32-8-3-9-40(32)15-20(33)14-32/h2,4-5,12-13,18,20,28,41H,3,6-11,14-16H2,1H3/t20-,32+/m1/s1. The van der Waals surface area contributed by atoms with Crippen molar-refractivity contribution in [1.29, 1.82) is 0 Å². The van der Waals surface area contributed by atoms with E-state index in [4.69, 9.17) is 9.15 Å². The van der Waals surface area contributed by atoms with Gasteiger partial charge in [0.05, 0.1) is 11.1 Å². The van der Waals surface area contributed by atoms with Gasteiger partial charge < -0.3 is 19.2 Å². The third-order valence-electron chi connectivity index (χ3n) is 9.55. The number of fused-ring (bicyclic) bond motifs is 3. The Kier molecular flexibility index (Phi) is 7.14. The van der Waals surface area contributed by atoms with Crippen LogP contribution in [0.5, 0.6) is 11.8 Å². The molecule has 7 rings (SSSR count). The van der Waals surface area contributed by atoms with Crippen molar-refractivity contribution in [2.75, 3.05) is 37.7 Å². The molecular weight excluding hydrogens is 580 g/mol. The Morgan fingerprint density at radius 1 is 1.16 bits per heavy atom. The van der Waals surface area contributed by atoms with Crippen molar-refractivity contribution in [2.24, 2.45) is 5.92 Å². The lowest BCUT2D eigenvalue weighted by molar-refractivity contribution is 0.0635. The highest BCUT2D eigenvalue weighted by molar-refractivity contribution is 6.00. The summed E-state index contributed by atoms with van der Waals surface area (Å²) in [6.45, 7) is 3.44.